The molecule has 1 aliphatic rings. The lowest BCUT2D eigenvalue weighted by molar-refractivity contribution is -0.0514. The first-order valence-electron chi connectivity index (χ1n) is 7.29. The lowest BCUT2D eigenvalue weighted by Gasteiger charge is -2.19. The van der Waals surface area contributed by atoms with E-state index in [4.69, 9.17) is 10.5 Å². The Morgan fingerprint density at radius 1 is 1.33 bits per heavy atom. The Bertz CT molecular complexity index is 453. The second-order valence-corrected chi connectivity index (χ2v) is 5.16. The van der Waals surface area contributed by atoms with Gasteiger partial charge in [-0.15, -0.1) is 0 Å². The summed E-state index contributed by atoms with van der Waals surface area (Å²) in [4.78, 5) is 0. The molecule has 1 aliphatic carbocycles. The largest absolute Gasteiger partial charge is 0.490 e. The fourth-order valence-electron chi connectivity index (χ4n) is 2.17. The molecule has 0 aliphatic heterocycles. The lowest BCUT2D eigenvalue weighted by Crippen LogP contribution is -2.29. The van der Waals surface area contributed by atoms with Gasteiger partial charge < -0.3 is 20.5 Å². The molecule has 1 aromatic rings. The van der Waals surface area contributed by atoms with Crippen molar-refractivity contribution in [2.75, 3.05) is 19.7 Å². The van der Waals surface area contributed by atoms with Crippen LogP contribution in [0.5, 0.6) is 11.5 Å². The van der Waals surface area contributed by atoms with Crippen molar-refractivity contribution >= 4 is 0 Å². The van der Waals surface area contributed by atoms with E-state index in [1.165, 1.54) is 18.9 Å². The molecule has 1 saturated carbocycles. The van der Waals surface area contributed by atoms with Crippen molar-refractivity contribution in [1.82, 2.24) is 5.32 Å². The topological polar surface area (TPSA) is 56.5 Å². The Balaban J connectivity index is 2.11. The third-order valence-corrected chi connectivity index (χ3v) is 3.47. The van der Waals surface area contributed by atoms with E-state index in [0.29, 0.717) is 18.9 Å². The lowest BCUT2D eigenvalue weighted by atomic mass is 10.1. The minimum Gasteiger partial charge on any atom is -0.490 e. The second kappa shape index (κ2) is 7.56. The molecule has 0 saturated heterocycles. The molecule has 21 heavy (non-hydrogen) atoms. The third-order valence-electron chi connectivity index (χ3n) is 3.47. The van der Waals surface area contributed by atoms with E-state index in [9.17, 15) is 8.78 Å². The van der Waals surface area contributed by atoms with Gasteiger partial charge in [0.2, 0.25) is 0 Å². The van der Waals surface area contributed by atoms with Gasteiger partial charge in [-0.1, -0.05) is 6.07 Å². The molecule has 118 valence electrons. The highest BCUT2D eigenvalue weighted by molar-refractivity contribution is 5.44. The Morgan fingerprint density at radius 2 is 2.10 bits per heavy atom. The normalized spacial score (nSPS) is 16.0. The molecule has 6 heteroatoms. The number of nitrogens with one attached hydrogen (secondary N) is 1. The zero-order valence-electron chi connectivity index (χ0n) is 12.1. The molecule has 1 unspecified atom stereocenters. The Kier molecular flexibility index (Phi) is 5.76. The maximum Gasteiger partial charge on any atom is 0.387 e. The van der Waals surface area contributed by atoms with Crippen LogP contribution in [0.15, 0.2) is 18.2 Å². The van der Waals surface area contributed by atoms with Gasteiger partial charge in [0, 0.05) is 12.6 Å². The van der Waals surface area contributed by atoms with Gasteiger partial charge in [-0.3, -0.25) is 0 Å². The van der Waals surface area contributed by atoms with Crippen LogP contribution in [0.1, 0.15) is 31.4 Å². The number of alkyl halides is 2. The van der Waals surface area contributed by atoms with Gasteiger partial charge in [-0.2, -0.15) is 8.78 Å². The number of hydrogen-bond donors (Lipinski definition) is 2. The van der Waals surface area contributed by atoms with Crippen LogP contribution in [-0.2, 0) is 0 Å². The average molecular weight is 300 g/mol. The summed E-state index contributed by atoms with van der Waals surface area (Å²) in [7, 11) is 0. The maximum atomic E-state index is 12.4. The summed E-state index contributed by atoms with van der Waals surface area (Å²) in [5, 5.41) is 3.41. The van der Waals surface area contributed by atoms with Crippen molar-refractivity contribution in [2.24, 2.45) is 11.7 Å². The van der Waals surface area contributed by atoms with Crippen LogP contribution in [0.25, 0.3) is 0 Å². The number of halogens is 2. The van der Waals surface area contributed by atoms with Crippen LogP contribution < -0.4 is 20.5 Å². The smallest absolute Gasteiger partial charge is 0.387 e. The SMILES string of the molecule is CCOc1cc(C(CN)NCC2CC2)ccc1OC(F)F. The number of ether oxygens (including phenoxy) is 2. The van der Waals surface area contributed by atoms with E-state index in [1.807, 2.05) is 0 Å². The number of benzene rings is 1. The van der Waals surface area contributed by atoms with Crippen molar-refractivity contribution in [3.05, 3.63) is 23.8 Å². The van der Waals surface area contributed by atoms with Gasteiger partial charge in [0.25, 0.3) is 0 Å². The minimum atomic E-state index is -2.87. The first-order valence-corrected chi connectivity index (χ1v) is 7.29. The Morgan fingerprint density at radius 3 is 2.67 bits per heavy atom. The van der Waals surface area contributed by atoms with Crippen LogP contribution in [0.4, 0.5) is 8.78 Å². The second-order valence-electron chi connectivity index (χ2n) is 5.16. The first-order chi connectivity index (χ1) is 10.1. The highest BCUT2D eigenvalue weighted by Crippen LogP contribution is 2.32. The van der Waals surface area contributed by atoms with Crippen molar-refractivity contribution in [3.8, 4) is 11.5 Å². The molecule has 0 bridgehead atoms. The molecule has 1 aromatic carbocycles. The highest BCUT2D eigenvalue weighted by Gasteiger charge is 2.23. The van der Waals surface area contributed by atoms with Crippen LogP contribution >= 0.6 is 0 Å². The van der Waals surface area contributed by atoms with Gasteiger partial charge in [-0.05, 0) is 49.9 Å². The molecule has 2 rings (SSSR count). The van der Waals surface area contributed by atoms with Crippen LogP contribution in [0, 0.1) is 5.92 Å². The summed E-state index contributed by atoms with van der Waals surface area (Å²) < 4.78 is 34.6. The van der Waals surface area contributed by atoms with Gasteiger partial charge in [0.05, 0.1) is 6.61 Å². The zero-order chi connectivity index (χ0) is 15.2. The molecular formula is C15H22F2N2O2. The monoisotopic (exact) mass is 300 g/mol. The molecule has 0 radical (unpaired) electrons. The highest BCUT2D eigenvalue weighted by atomic mass is 19.3. The maximum absolute atomic E-state index is 12.4. The number of nitrogens with two attached hydrogens (primary N) is 1. The van der Waals surface area contributed by atoms with Crippen molar-refractivity contribution in [3.63, 3.8) is 0 Å². The average Bonchev–Trinajstić information content (AvgIpc) is 3.26. The van der Waals surface area contributed by atoms with E-state index >= 15 is 0 Å². The van der Waals surface area contributed by atoms with Gasteiger partial charge in [0.1, 0.15) is 0 Å². The molecule has 0 spiro atoms. The summed E-state index contributed by atoms with van der Waals surface area (Å²) in [6, 6.07) is 4.97. The Labute approximate surface area is 123 Å². The van der Waals surface area contributed by atoms with Crippen LogP contribution in [0.3, 0.4) is 0 Å². The van der Waals surface area contributed by atoms with E-state index in [1.54, 1.807) is 19.1 Å². The Hall–Kier alpha value is -1.40. The number of rotatable bonds is 9. The molecule has 4 nitrogen and oxygen atoms in total. The van der Waals surface area contributed by atoms with Gasteiger partial charge in [-0.25, -0.2) is 0 Å². The van der Waals surface area contributed by atoms with E-state index in [2.05, 4.69) is 10.1 Å². The van der Waals surface area contributed by atoms with Crippen LogP contribution in [0.2, 0.25) is 0 Å². The summed E-state index contributed by atoms with van der Waals surface area (Å²) >= 11 is 0. The van der Waals surface area contributed by atoms with Crippen molar-refractivity contribution < 1.29 is 18.3 Å². The zero-order valence-corrected chi connectivity index (χ0v) is 12.1. The fourth-order valence-corrected chi connectivity index (χ4v) is 2.17. The molecular weight excluding hydrogens is 278 g/mol. The summed E-state index contributed by atoms with van der Waals surface area (Å²) in [5.41, 5.74) is 6.72. The predicted octanol–water partition coefficient (Wildman–Crippen LogP) is 2.69. The third kappa shape index (κ3) is 4.82. The molecule has 0 amide bonds. The fraction of sp³-hybridized carbons (Fsp3) is 0.600. The van der Waals surface area contributed by atoms with E-state index in [0.717, 1.165) is 18.0 Å². The van der Waals surface area contributed by atoms with Crippen LogP contribution in [-0.4, -0.2) is 26.3 Å². The minimum absolute atomic E-state index is 0.00888. The number of hydrogen-bond acceptors (Lipinski definition) is 4. The molecule has 1 fully saturated rings. The molecule has 0 heterocycles. The van der Waals surface area contributed by atoms with E-state index in [-0.39, 0.29) is 11.8 Å². The van der Waals surface area contributed by atoms with Crippen molar-refractivity contribution in [2.45, 2.75) is 32.4 Å². The van der Waals surface area contributed by atoms with Crippen molar-refractivity contribution in [1.29, 1.82) is 0 Å². The quantitative estimate of drug-likeness (QED) is 0.736. The molecule has 1 atom stereocenters. The summed E-state index contributed by atoms with van der Waals surface area (Å²) in [6.45, 7) is 0.679. The summed E-state index contributed by atoms with van der Waals surface area (Å²) in [5.74, 6) is 1.11. The van der Waals surface area contributed by atoms with Gasteiger partial charge >= 0.3 is 6.61 Å². The molecule has 3 N–H and O–H groups in total. The summed E-state index contributed by atoms with van der Waals surface area (Å²) in [6.07, 6.45) is 2.52. The predicted molar refractivity (Wildman–Crippen MR) is 76.8 cm³/mol. The van der Waals surface area contributed by atoms with Gasteiger partial charge in [0.15, 0.2) is 11.5 Å². The standard InChI is InChI=1S/C15H22F2N2O2/c1-2-20-14-7-11(5-6-13(14)21-15(16)17)12(8-18)19-9-10-3-4-10/h5-7,10,12,15,19H,2-4,8-9,18H2,1H3. The van der Waals surface area contributed by atoms with E-state index < -0.39 is 6.61 Å². The molecule has 0 aromatic heterocycles. The first kappa shape index (κ1) is 16.0.